The van der Waals surface area contributed by atoms with Crippen molar-refractivity contribution in [3.05, 3.63) is 47.3 Å². The van der Waals surface area contributed by atoms with E-state index in [4.69, 9.17) is 14.2 Å². The summed E-state index contributed by atoms with van der Waals surface area (Å²) in [5.41, 5.74) is 0.841. The summed E-state index contributed by atoms with van der Waals surface area (Å²) < 4.78 is 31.1. The van der Waals surface area contributed by atoms with E-state index in [9.17, 15) is 23.6 Å². The maximum atomic E-state index is 14.6. The molecule has 0 aliphatic carbocycles. The fourth-order valence-corrected chi connectivity index (χ4v) is 3.54. The Morgan fingerprint density at radius 2 is 1.97 bits per heavy atom. The Morgan fingerprint density at radius 1 is 1.21 bits per heavy atom. The lowest BCUT2D eigenvalue weighted by Crippen LogP contribution is -2.34. The third kappa shape index (κ3) is 7.19. The van der Waals surface area contributed by atoms with Crippen LogP contribution in [0.15, 0.2) is 30.4 Å². The van der Waals surface area contributed by atoms with Crippen molar-refractivity contribution in [2.24, 2.45) is 0 Å². The van der Waals surface area contributed by atoms with Gasteiger partial charge < -0.3 is 19.5 Å². The Labute approximate surface area is 197 Å². The molecule has 1 fully saturated rings. The molecule has 0 spiro atoms. The van der Waals surface area contributed by atoms with Gasteiger partial charge in [-0.25, -0.2) is 4.39 Å². The average molecular weight is 477 g/mol. The highest BCUT2D eigenvalue weighted by Crippen LogP contribution is 2.30. The molecule has 1 aromatic carbocycles. The highest BCUT2D eigenvalue weighted by Gasteiger charge is 2.28. The number of nitrogens with zero attached hydrogens (tertiary/aromatic N) is 1. The van der Waals surface area contributed by atoms with Gasteiger partial charge in [-0.05, 0) is 25.3 Å². The summed E-state index contributed by atoms with van der Waals surface area (Å²) in [6.07, 6.45) is 4.15. The van der Waals surface area contributed by atoms with Gasteiger partial charge in [0.05, 0.1) is 19.3 Å². The first-order chi connectivity index (χ1) is 16.4. The topological polar surface area (TPSA) is 111 Å². The standard InChI is InChI=1S/C24H29FN2O7/c1-2-23(31)32-12-4-3-5-18-15-33-24(34-18)16-6-7-17(19(25)13-16)14-26-20(28)10-11-27-21(29)8-9-22(27)30/h6-9,13,18,24H,2-5,10-12,14-15H2,1H3,(H,26,28). The summed E-state index contributed by atoms with van der Waals surface area (Å²) in [4.78, 5) is 47.1. The number of unbranched alkanes of at least 4 members (excludes halogenated alkanes) is 1. The molecule has 0 saturated carbocycles. The van der Waals surface area contributed by atoms with Crippen molar-refractivity contribution < 1.29 is 37.8 Å². The fraction of sp³-hybridized carbons (Fsp3) is 0.500. The molecule has 3 amide bonds. The van der Waals surface area contributed by atoms with Crippen molar-refractivity contribution in [3.8, 4) is 0 Å². The number of carbonyl (C=O) groups excluding carboxylic acids is 4. The van der Waals surface area contributed by atoms with Crippen LogP contribution in [0.5, 0.6) is 0 Å². The average Bonchev–Trinajstić information content (AvgIpc) is 3.42. The van der Waals surface area contributed by atoms with E-state index in [1.165, 1.54) is 6.07 Å². The summed E-state index contributed by atoms with van der Waals surface area (Å²) in [7, 11) is 0. The van der Waals surface area contributed by atoms with Gasteiger partial charge in [0.25, 0.3) is 11.8 Å². The summed E-state index contributed by atoms with van der Waals surface area (Å²) in [5.74, 6) is -2.00. The molecule has 184 valence electrons. The quantitative estimate of drug-likeness (QED) is 0.280. The van der Waals surface area contributed by atoms with Crippen LogP contribution >= 0.6 is 0 Å². The Balaban J connectivity index is 1.38. The van der Waals surface area contributed by atoms with Gasteiger partial charge in [0.15, 0.2) is 6.29 Å². The van der Waals surface area contributed by atoms with E-state index >= 15 is 0 Å². The van der Waals surface area contributed by atoms with Gasteiger partial charge in [-0.1, -0.05) is 19.1 Å². The molecule has 1 aromatic rings. The summed E-state index contributed by atoms with van der Waals surface area (Å²) in [5, 5.41) is 2.59. The van der Waals surface area contributed by atoms with Crippen LogP contribution in [-0.2, 0) is 39.9 Å². The highest BCUT2D eigenvalue weighted by molar-refractivity contribution is 6.13. The predicted octanol–water partition coefficient (Wildman–Crippen LogP) is 2.29. The van der Waals surface area contributed by atoms with Gasteiger partial charge in [0.1, 0.15) is 5.82 Å². The lowest BCUT2D eigenvalue weighted by Gasteiger charge is -2.14. The molecule has 10 heteroatoms. The molecule has 2 heterocycles. The van der Waals surface area contributed by atoms with E-state index in [0.29, 0.717) is 30.8 Å². The molecule has 34 heavy (non-hydrogen) atoms. The van der Waals surface area contributed by atoms with Gasteiger partial charge in [-0.15, -0.1) is 0 Å². The maximum absolute atomic E-state index is 14.6. The molecular formula is C24H29FN2O7. The number of hydrogen-bond donors (Lipinski definition) is 1. The molecule has 0 aromatic heterocycles. The number of amides is 3. The SMILES string of the molecule is CCC(=O)OCCCCC1COC(c2ccc(CNC(=O)CCN3C(=O)C=CC3=O)c(F)c2)O1. The van der Waals surface area contributed by atoms with Crippen molar-refractivity contribution in [2.75, 3.05) is 19.8 Å². The van der Waals surface area contributed by atoms with E-state index in [-0.39, 0.29) is 31.6 Å². The normalized spacial score (nSPS) is 19.6. The van der Waals surface area contributed by atoms with Gasteiger partial charge in [0, 0.05) is 49.2 Å². The third-order valence-electron chi connectivity index (χ3n) is 5.51. The molecule has 2 aliphatic rings. The minimum atomic E-state index is -0.662. The molecule has 0 radical (unpaired) electrons. The predicted molar refractivity (Wildman–Crippen MR) is 117 cm³/mol. The minimum Gasteiger partial charge on any atom is -0.466 e. The molecule has 9 nitrogen and oxygen atoms in total. The van der Waals surface area contributed by atoms with Crippen LogP contribution in [0, 0.1) is 5.82 Å². The van der Waals surface area contributed by atoms with Crippen molar-refractivity contribution in [1.82, 2.24) is 10.2 Å². The number of nitrogens with one attached hydrogen (secondary N) is 1. The second-order valence-electron chi connectivity index (χ2n) is 8.03. The second-order valence-corrected chi connectivity index (χ2v) is 8.03. The van der Waals surface area contributed by atoms with Crippen LogP contribution in [0.2, 0.25) is 0 Å². The van der Waals surface area contributed by atoms with Gasteiger partial charge in [-0.3, -0.25) is 24.1 Å². The van der Waals surface area contributed by atoms with Crippen LogP contribution in [0.4, 0.5) is 4.39 Å². The lowest BCUT2D eigenvalue weighted by atomic mass is 10.1. The van der Waals surface area contributed by atoms with Crippen LogP contribution in [0.25, 0.3) is 0 Å². The largest absolute Gasteiger partial charge is 0.466 e. The smallest absolute Gasteiger partial charge is 0.305 e. The number of carbonyl (C=O) groups is 4. The Kier molecular flexibility index (Phi) is 9.29. The first kappa shape index (κ1) is 25.5. The molecule has 1 saturated heterocycles. The Bertz CT molecular complexity index is 931. The Morgan fingerprint density at radius 3 is 2.68 bits per heavy atom. The summed E-state index contributed by atoms with van der Waals surface area (Å²) in [6.45, 7) is 2.48. The molecule has 0 bridgehead atoms. The van der Waals surface area contributed by atoms with Gasteiger partial charge in [-0.2, -0.15) is 0 Å². The van der Waals surface area contributed by atoms with E-state index in [1.807, 2.05) is 0 Å². The molecule has 3 rings (SSSR count). The second kappa shape index (κ2) is 12.4. The van der Waals surface area contributed by atoms with Crippen LogP contribution in [0.1, 0.15) is 56.4 Å². The van der Waals surface area contributed by atoms with Gasteiger partial charge >= 0.3 is 5.97 Å². The van der Waals surface area contributed by atoms with Crippen molar-refractivity contribution in [2.45, 2.75) is 58.0 Å². The summed E-state index contributed by atoms with van der Waals surface area (Å²) in [6, 6.07) is 4.57. The molecule has 1 N–H and O–H groups in total. The zero-order valence-electron chi connectivity index (χ0n) is 19.1. The number of halogens is 1. The lowest BCUT2D eigenvalue weighted by molar-refractivity contribution is -0.143. The van der Waals surface area contributed by atoms with E-state index in [1.54, 1.807) is 19.1 Å². The van der Waals surface area contributed by atoms with Crippen LogP contribution in [-0.4, -0.2) is 54.5 Å². The van der Waals surface area contributed by atoms with Gasteiger partial charge in [0.2, 0.25) is 5.91 Å². The van der Waals surface area contributed by atoms with Crippen LogP contribution in [0.3, 0.4) is 0 Å². The Hall–Kier alpha value is -3.11. The third-order valence-corrected chi connectivity index (χ3v) is 5.51. The van der Waals surface area contributed by atoms with Crippen molar-refractivity contribution >= 4 is 23.7 Å². The zero-order chi connectivity index (χ0) is 24.5. The number of imide groups is 1. The molecular weight excluding hydrogens is 447 g/mol. The minimum absolute atomic E-state index is 0.0251. The number of ether oxygens (including phenoxy) is 3. The van der Waals surface area contributed by atoms with Crippen molar-refractivity contribution in [1.29, 1.82) is 0 Å². The first-order valence-electron chi connectivity index (χ1n) is 11.4. The fourth-order valence-electron chi connectivity index (χ4n) is 3.54. The first-order valence-corrected chi connectivity index (χ1v) is 11.4. The molecule has 2 atom stereocenters. The van der Waals surface area contributed by atoms with Crippen LogP contribution < -0.4 is 5.32 Å². The monoisotopic (exact) mass is 476 g/mol. The van der Waals surface area contributed by atoms with E-state index in [0.717, 1.165) is 36.3 Å². The summed E-state index contributed by atoms with van der Waals surface area (Å²) >= 11 is 0. The zero-order valence-corrected chi connectivity index (χ0v) is 19.1. The van der Waals surface area contributed by atoms with Crippen molar-refractivity contribution in [3.63, 3.8) is 0 Å². The molecule has 2 aliphatic heterocycles. The number of hydrogen-bond acceptors (Lipinski definition) is 7. The molecule has 2 unspecified atom stereocenters. The maximum Gasteiger partial charge on any atom is 0.305 e. The van der Waals surface area contributed by atoms with E-state index in [2.05, 4.69) is 5.32 Å². The number of benzene rings is 1. The number of esters is 1. The number of rotatable bonds is 12. The van der Waals surface area contributed by atoms with E-state index < -0.39 is 29.8 Å². The highest BCUT2D eigenvalue weighted by atomic mass is 19.1.